The van der Waals surface area contributed by atoms with Crippen molar-refractivity contribution in [2.24, 2.45) is 0 Å². The first-order valence-electron chi connectivity index (χ1n) is 9.13. The Kier molecular flexibility index (Phi) is 4.22. The van der Waals surface area contributed by atoms with Crippen molar-refractivity contribution in [2.45, 2.75) is 6.92 Å². The van der Waals surface area contributed by atoms with Gasteiger partial charge in [-0.25, -0.2) is 19.9 Å². The number of nitriles is 1. The van der Waals surface area contributed by atoms with Gasteiger partial charge in [0.25, 0.3) is 0 Å². The van der Waals surface area contributed by atoms with Crippen LogP contribution in [0.25, 0.3) is 21.8 Å². The van der Waals surface area contributed by atoms with Gasteiger partial charge in [0.1, 0.15) is 41.0 Å². The van der Waals surface area contributed by atoms with Crippen molar-refractivity contribution in [1.82, 2.24) is 35.1 Å². The van der Waals surface area contributed by atoms with Crippen molar-refractivity contribution in [3.05, 3.63) is 54.4 Å². The third kappa shape index (κ3) is 3.28. The van der Waals surface area contributed by atoms with E-state index in [1.54, 1.807) is 12.3 Å². The molecule has 0 atom stereocenters. The van der Waals surface area contributed by atoms with Crippen LogP contribution in [0.1, 0.15) is 11.3 Å². The molecule has 0 amide bonds. The molecule has 4 heterocycles. The Labute approximate surface area is 175 Å². The van der Waals surface area contributed by atoms with Gasteiger partial charge in [-0.1, -0.05) is 6.07 Å². The second-order valence-corrected chi connectivity index (χ2v) is 6.63. The summed E-state index contributed by atoms with van der Waals surface area (Å²) in [5.74, 6) is 1.90. The lowest BCUT2D eigenvalue weighted by Gasteiger charge is -2.14. The monoisotopic (exact) mass is 410 g/mol. The minimum absolute atomic E-state index is 0.213. The molecular formula is C20H14N10O. The summed E-state index contributed by atoms with van der Waals surface area (Å²) in [5.41, 5.74) is 8.60. The molecule has 5 aromatic rings. The third-order valence-electron chi connectivity index (χ3n) is 4.61. The summed E-state index contributed by atoms with van der Waals surface area (Å²) in [6, 6.07) is 7.48. The van der Waals surface area contributed by atoms with Gasteiger partial charge < -0.3 is 15.8 Å². The Bertz CT molecular complexity index is 1470. The number of hydrogen-bond acceptors (Lipinski definition) is 10. The predicted molar refractivity (Wildman–Crippen MR) is 113 cm³/mol. The van der Waals surface area contributed by atoms with Crippen LogP contribution in [0, 0.1) is 18.3 Å². The molecule has 0 unspecified atom stereocenters. The maximum atomic E-state index is 8.89. The van der Waals surface area contributed by atoms with E-state index in [2.05, 4.69) is 40.4 Å². The van der Waals surface area contributed by atoms with E-state index < -0.39 is 0 Å². The Morgan fingerprint density at radius 1 is 1.10 bits per heavy atom. The van der Waals surface area contributed by atoms with E-state index in [9.17, 15) is 0 Å². The Morgan fingerprint density at radius 2 is 2.00 bits per heavy atom. The molecule has 0 aliphatic carbocycles. The summed E-state index contributed by atoms with van der Waals surface area (Å²) in [5, 5.41) is 20.2. The van der Waals surface area contributed by atoms with Crippen molar-refractivity contribution >= 4 is 39.3 Å². The van der Waals surface area contributed by atoms with Gasteiger partial charge in [-0.2, -0.15) is 15.3 Å². The average molecular weight is 410 g/mol. The second-order valence-electron chi connectivity index (χ2n) is 6.63. The van der Waals surface area contributed by atoms with Gasteiger partial charge >= 0.3 is 0 Å². The highest BCUT2D eigenvalue weighted by atomic mass is 16.5. The zero-order valence-electron chi connectivity index (χ0n) is 16.2. The van der Waals surface area contributed by atoms with Crippen LogP contribution in [0.4, 0.5) is 17.5 Å². The zero-order valence-corrected chi connectivity index (χ0v) is 16.2. The van der Waals surface area contributed by atoms with E-state index >= 15 is 0 Å². The van der Waals surface area contributed by atoms with Gasteiger partial charge in [0.2, 0.25) is 5.88 Å². The number of aromatic amines is 1. The molecule has 0 radical (unpaired) electrons. The number of benzene rings is 1. The summed E-state index contributed by atoms with van der Waals surface area (Å²) in [6.07, 6.45) is 5.86. The van der Waals surface area contributed by atoms with Crippen LogP contribution in [0.2, 0.25) is 0 Å². The molecule has 11 nitrogen and oxygen atoms in total. The van der Waals surface area contributed by atoms with Crippen LogP contribution >= 0.6 is 0 Å². The molecular weight excluding hydrogens is 396 g/mol. The lowest BCUT2D eigenvalue weighted by atomic mass is 10.1. The zero-order chi connectivity index (χ0) is 21.4. The van der Waals surface area contributed by atoms with Crippen molar-refractivity contribution in [3.8, 4) is 17.7 Å². The van der Waals surface area contributed by atoms with E-state index in [4.69, 9.17) is 15.7 Å². The number of nitrogen functional groups attached to an aromatic ring is 1. The summed E-state index contributed by atoms with van der Waals surface area (Å²) in [6.45, 7) is 1.93. The Morgan fingerprint density at radius 3 is 2.81 bits per heavy atom. The molecule has 0 aliphatic rings. The normalized spacial score (nSPS) is 10.8. The van der Waals surface area contributed by atoms with E-state index in [1.807, 2.05) is 25.1 Å². The number of H-pyrrole nitrogens is 1. The molecule has 11 heteroatoms. The standard InChI is InChI=1S/C20H14N10O/c1-10-2-3-13-12(7-27-30-13)18(10)31-20-17-14(25-9-26-19(17)22)4-15(29-20)28-16-8-23-11(5-21)6-24-16/h2-4,6-9H,1H3,(H,27,30)(H2,22,25,26)(H,24,28,29). The number of nitrogens with zero attached hydrogens (tertiary/aromatic N) is 7. The fraction of sp³-hybridized carbons (Fsp3) is 0.0500. The highest BCUT2D eigenvalue weighted by Gasteiger charge is 2.17. The first kappa shape index (κ1) is 18.2. The minimum atomic E-state index is 0.213. The number of pyridine rings is 1. The summed E-state index contributed by atoms with van der Waals surface area (Å²) in [4.78, 5) is 21.1. The number of aromatic nitrogens is 7. The lowest BCUT2D eigenvalue weighted by Crippen LogP contribution is -2.03. The highest BCUT2D eigenvalue weighted by molar-refractivity contribution is 5.95. The minimum Gasteiger partial charge on any atom is -0.437 e. The fourth-order valence-electron chi connectivity index (χ4n) is 3.12. The quantitative estimate of drug-likeness (QED) is 0.401. The first-order valence-corrected chi connectivity index (χ1v) is 9.13. The number of ether oxygens (including phenoxy) is 1. The largest absolute Gasteiger partial charge is 0.437 e. The number of rotatable bonds is 4. The molecule has 4 N–H and O–H groups in total. The highest BCUT2D eigenvalue weighted by Crippen LogP contribution is 2.37. The predicted octanol–water partition coefficient (Wildman–Crippen LogP) is 2.99. The lowest BCUT2D eigenvalue weighted by molar-refractivity contribution is 0.472. The van der Waals surface area contributed by atoms with Crippen molar-refractivity contribution < 1.29 is 4.74 Å². The van der Waals surface area contributed by atoms with Gasteiger partial charge in [-0.05, 0) is 18.6 Å². The summed E-state index contributed by atoms with van der Waals surface area (Å²) >= 11 is 0. The van der Waals surface area contributed by atoms with E-state index in [-0.39, 0.29) is 17.4 Å². The number of anilines is 3. The molecule has 31 heavy (non-hydrogen) atoms. The molecule has 1 aromatic carbocycles. The molecule has 0 fully saturated rings. The Balaban J connectivity index is 1.62. The molecule has 150 valence electrons. The average Bonchev–Trinajstić information content (AvgIpc) is 3.25. The van der Waals surface area contributed by atoms with Crippen molar-refractivity contribution in [1.29, 1.82) is 5.26 Å². The van der Waals surface area contributed by atoms with E-state index in [1.165, 1.54) is 18.7 Å². The number of nitrogens with one attached hydrogen (secondary N) is 2. The molecule has 0 spiro atoms. The molecule has 0 aliphatic heterocycles. The smallest absolute Gasteiger partial charge is 0.234 e. The van der Waals surface area contributed by atoms with Crippen LogP contribution in [-0.2, 0) is 0 Å². The van der Waals surface area contributed by atoms with E-state index in [0.29, 0.717) is 28.3 Å². The molecule has 0 saturated carbocycles. The van der Waals surface area contributed by atoms with Gasteiger partial charge in [0, 0.05) is 6.07 Å². The number of aryl methyl sites for hydroxylation is 1. The third-order valence-corrected chi connectivity index (χ3v) is 4.61. The summed E-state index contributed by atoms with van der Waals surface area (Å²) in [7, 11) is 0. The van der Waals surface area contributed by atoms with Crippen molar-refractivity contribution in [2.75, 3.05) is 11.1 Å². The maximum Gasteiger partial charge on any atom is 0.234 e. The van der Waals surface area contributed by atoms with Gasteiger partial charge in [-0.15, -0.1) is 0 Å². The molecule has 4 aromatic heterocycles. The number of hydrogen-bond donors (Lipinski definition) is 3. The Hall–Kier alpha value is -4.85. The second kappa shape index (κ2) is 7.20. The topological polar surface area (TPSA) is 164 Å². The van der Waals surface area contributed by atoms with Gasteiger partial charge in [0.05, 0.1) is 35.0 Å². The van der Waals surface area contributed by atoms with Crippen molar-refractivity contribution in [3.63, 3.8) is 0 Å². The van der Waals surface area contributed by atoms with Crippen LogP contribution in [0.3, 0.4) is 0 Å². The summed E-state index contributed by atoms with van der Waals surface area (Å²) < 4.78 is 6.24. The molecule has 0 saturated heterocycles. The van der Waals surface area contributed by atoms with Crippen LogP contribution in [0.15, 0.2) is 43.1 Å². The van der Waals surface area contributed by atoms with E-state index in [0.717, 1.165) is 16.5 Å². The molecule has 0 bridgehead atoms. The fourth-order valence-corrected chi connectivity index (χ4v) is 3.12. The van der Waals surface area contributed by atoms with Crippen LogP contribution in [0.5, 0.6) is 11.6 Å². The maximum absolute atomic E-state index is 8.89. The SMILES string of the molecule is Cc1ccc2[nH]ncc2c1Oc1nc(Nc2cnc(C#N)cn2)cc2ncnc(N)c12. The van der Waals surface area contributed by atoms with Crippen LogP contribution < -0.4 is 15.8 Å². The number of fused-ring (bicyclic) bond motifs is 2. The van der Waals surface area contributed by atoms with Gasteiger partial charge in [-0.3, -0.25) is 5.10 Å². The van der Waals surface area contributed by atoms with Gasteiger partial charge in [0.15, 0.2) is 5.69 Å². The first-order chi connectivity index (χ1) is 15.1. The number of nitrogens with two attached hydrogens (primary N) is 1. The molecule has 5 rings (SSSR count). The van der Waals surface area contributed by atoms with Crippen LogP contribution in [-0.4, -0.2) is 35.1 Å².